The van der Waals surface area contributed by atoms with Gasteiger partial charge in [0.25, 0.3) is 0 Å². The van der Waals surface area contributed by atoms with Crippen molar-refractivity contribution in [3.8, 4) is 6.07 Å². The molecule has 0 spiro atoms. The maximum atomic E-state index is 12.8. The van der Waals surface area contributed by atoms with Gasteiger partial charge in [0.1, 0.15) is 11.9 Å². The summed E-state index contributed by atoms with van der Waals surface area (Å²) < 4.78 is 15.3. The zero-order chi connectivity index (χ0) is 14.5. The third-order valence-corrected chi connectivity index (χ3v) is 3.97. The molecule has 1 heterocycles. The molecule has 0 N–H and O–H groups in total. The number of benzene rings is 1. The monoisotopic (exact) mass is 305 g/mol. The van der Waals surface area contributed by atoms with Crippen LogP contribution >= 0.6 is 23.6 Å². The van der Waals surface area contributed by atoms with Crippen LogP contribution in [-0.4, -0.2) is 10.8 Å². The molecule has 0 atom stereocenters. The van der Waals surface area contributed by atoms with Gasteiger partial charge in [0.2, 0.25) is 0 Å². The molecule has 0 aliphatic heterocycles. The second kappa shape index (κ2) is 6.55. The highest BCUT2D eigenvalue weighted by Gasteiger charge is 2.10. The number of halogens is 1. The first-order valence-electron chi connectivity index (χ1n) is 6.09. The Hall–Kier alpha value is -1.84. The first-order chi connectivity index (χ1) is 9.65. The summed E-state index contributed by atoms with van der Waals surface area (Å²) in [5.74, 6) is 0.290. The summed E-state index contributed by atoms with van der Waals surface area (Å²) >= 11 is 6.51. The molecule has 0 saturated heterocycles. The van der Waals surface area contributed by atoms with E-state index in [0.717, 1.165) is 18.5 Å². The van der Waals surface area contributed by atoms with Crippen molar-refractivity contribution in [3.05, 3.63) is 44.5 Å². The molecule has 20 heavy (non-hydrogen) atoms. The highest BCUT2D eigenvalue weighted by Crippen LogP contribution is 2.27. The molecule has 0 unspecified atom stereocenters. The van der Waals surface area contributed by atoms with Crippen molar-refractivity contribution < 1.29 is 4.39 Å². The van der Waals surface area contributed by atoms with E-state index in [9.17, 15) is 4.39 Å². The Balaban J connectivity index is 2.39. The summed E-state index contributed by atoms with van der Waals surface area (Å²) in [6.45, 7) is 2.77. The van der Waals surface area contributed by atoms with E-state index in [1.807, 2.05) is 11.5 Å². The fourth-order valence-corrected chi connectivity index (χ4v) is 2.89. The van der Waals surface area contributed by atoms with Crippen LogP contribution in [0.15, 0.2) is 29.3 Å². The van der Waals surface area contributed by atoms with Gasteiger partial charge in [-0.05, 0) is 36.3 Å². The van der Waals surface area contributed by atoms with Crippen molar-refractivity contribution in [2.24, 2.45) is 4.99 Å². The first-order valence-corrected chi connectivity index (χ1v) is 7.31. The summed E-state index contributed by atoms with van der Waals surface area (Å²) in [5.41, 5.74) is 0.774. The van der Waals surface area contributed by atoms with Crippen molar-refractivity contribution >= 4 is 35.6 Å². The second-order valence-electron chi connectivity index (χ2n) is 4.09. The maximum absolute atomic E-state index is 12.8. The Bertz CT molecular complexity index is 720. The van der Waals surface area contributed by atoms with Gasteiger partial charge in [-0.25, -0.2) is 9.38 Å². The average molecular weight is 305 g/mol. The van der Waals surface area contributed by atoms with Gasteiger partial charge in [-0.15, -0.1) is 0 Å². The molecule has 0 fully saturated rings. The largest absolute Gasteiger partial charge is 0.307 e. The molecule has 0 aliphatic rings. The lowest BCUT2D eigenvalue weighted by Gasteiger charge is -2.02. The molecule has 6 heteroatoms. The maximum Gasteiger partial charge on any atom is 0.164 e. The zero-order valence-electron chi connectivity index (χ0n) is 10.8. The first kappa shape index (κ1) is 14.6. The summed E-state index contributed by atoms with van der Waals surface area (Å²) in [7, 11) is 0. The van der Waals surface area contributed by atoms with E-state index in [0.29, 0.717) is 14.6 Å². The fourth-order valence-electron chi connectivity index (χ4n) is 1.70. The number of rotatable bonds is 4. The second-order valence-corrected chi connectivity index (χ2v) is 5.74. The van der Waals surface area contributed by atoms with Crippen molar-refractivity contribution in [2.75, 3.05) is 0 Å². The Morgan fingerprint density at radius 1 is 1.45 bits per heavy atom. The molecule has 2 aromatic rings. The Morgan fingerprint density at radius 3 is 2.75 bits per heavy atom. The minimum absolute atomic E-state index is 0.288. The van der Waals surface area contributed by atoms with Crippen LogP contribution in [0.25, 0.3) is 0 Å². The molecule has 2 rings (SSSR count). The Morgan fingerprint density at radius 2 is 2.15 bits per heavy atom. The summed E-state index contributed by atoms with van der Waals surface area (Å²) in [6.07, 6.45) is 2.53. The minimum atomic E-state index is -0.288. The number of nitrogens with zero attached hydrogens (tertiary/aromatic N) is 3. The predicted molar refractivity (Wildman–Crippen MR) is 81.8 cm³/mol. The standard InChI is InChI=1S/C14H12FN3S2/c1-2-7-18-13(12(8-16)20-14(18)19)17-9-10-3-5-11(15)6-4-10/h3-6,9H,2,7H2,1H3/b17-9+. The normalized spacial score (nSPS) is 10.8. The lowest BCUT2D eigenvalue weighted by molar-refractivity contribution is 0.628. The van der Waals surface area contributed by atoms with Gasteiger partial charge in [0.05, 0.1) is 0 Å². The summed E-state index contributed by atoms with van der Waals surface area (Å²) in [5, 5.41) is 9.14. The van der Waals surface area contributed by atoms with E-state index < -0.39 is 0 Å². The van der Waals surface area contributed by atoms with Gasteiger partial charge in [-0.3, -0.25) is 0 Å². The summed E-state index contributed by atoms with van der Waals surface area (Å²) in [6, 6.07) is 8.14. The molecule has 0 bridgehead atoms. The fraction of sp³-hybridized carbons (Fsp3) is 0.214. The molecule has 0 saturated carbocycles. The highest BCUT2D eigenvalue weighted by molar-refractivity contribution is 7.73. The van der Waals surface area contributed by atoms with Crippen LogP contribution in [0.5, 0.6) is 0 Å². The molecule has 1 aromatic carbocycles. The van der Waals surface area contributed by atoms with Crippen LogP contribution in [0.4, 0.5) is 10.2 Å². The van der Waals surface area contributed by atoms with Crippen LogP contribution < -0.4 is 0 Å². The van der Waals surface area contributed by atoms with Crippen molar-refractivity contribution in [1.82, 2.24) is 4.57 Å². The van der Waals surface area contributed by atoms with Crippen LogP contribution in [0.1, 0.15) is 23.8 Å². The molecular formula is C14H12FN3S2. The molecule has 0 amide bonds. The van der Waals surface area contributed by atoms with Crippen LogP contribution in [0.3, 0.4) is 0 Å². The summed E-state index contributed by atoms with van der Waals surface area (Å²) in [4.78, 5) is 4.85. The van der Waals surface area contributed by atoms with Crippen molar-refractivity contribution in [3.63, 3.8) is 0 Å². The van der Waals surface area contributed by atoms with E-state index >= 15 is 0 Å². The number of hydrogen-bond donors (Lipinski definition) is 0. The van der Waals surface area contributed by atoms with Gasteiger partial charge in [0.15, 0.2) is 14.6 Å². The molecule has 0 aliphatic carbocycles. The van der Waals surface area contributed by atoms with Gasteiger partial charge in [-0.2, -0.15) is 5.26 Å². The molecular weight excluding hydrogens is 293 g/mol. The van der Waals surface area contributed by atoms with E-state index in [-0.39, 0.29) is 5.82 Å². The smallest absolute Gasteiger partial charge is 0.164 e. The molecule has 102 valence electrons. The SMILES string of the molecule is CCCn1c(/N=C/c2ccc(F)cc2)c(C#N)sc1=S. The third kappa shape index (κ3) is 3.18. The quantitative estimate of drug-likeness (QED) is 0.618. The van der Waals surface area contributed by atoms with Crippen LogP contribution in [0, 0.1) is 21.1 Å². The van der Waals surface area contributed by atoms with E-state index in [1.165, 1.54) is 23.5 Å². The van der Waals surface area contributed by atoms with E-state index in [1.54, 1.807) is 18.3 Å². The number of aromatic nitrogens is 1. The number of aliphatic imine (C=N–C) groups is 1. The van der Waals surface area contributed by atoms with Crippen molar-refractivity contribution in [1.29, 1.82) is 5.26 Å². The third-order valence-electron chi connectivity index (χ3n) is 2.62. The minimum Gasteiger partial charge on any atom is -0.307 e. The Kier molecular flexibility index (Phi) is 4.77. The highest BCUT2D eigenvalue weighted by atomic mass is 32.1. The lowest BCUT2D eigenvalue weighted by Crippen LogP contribution is -1.96. The molecule has 0 radical (unpaired) electrons. The zero-order valence-corrected chi connectivity index (χ0v) is 12.5. The molecule has 1 aromatic heterocycles. The van der Waals surface area contributed by atoms with E-state index in [4.69, 9.17) is 17.5 Å². The number of nitriles is 1. The van der Waals surface area contributed by atoms with Crippen LogP contribution in [-0.2, 0) is 6.54 Å². The van der Waals surface area contributed by atoms with Crippen molar-refractivity contribution in [2.45, 2.75) is 19.9 Å². The topological polar surface area (TPSA) is 41.1 Å². The van der Waals surface area contributed by atoms with Gasteiger partial charge >= 0.3 is 0 Å². The number of thiazole rings is 1. The van der Waals surface area contributed by atoms with E-state index in [2.05, 4.69) is 11.1 Å². The van der Waals surface area contributed by atoms with Gasteiger partial charge in [-0.1, -0.05) is 30.4 Å². The average Bonchev–Trinajstić information content (AvgIpc) is 2.75. The lowest BCUT2D eigenvalue weighted by atomic mass is 10.2. The van der Waals surface area contributed by atoms with Gasteiger partial charge < -0.3 is 4.57 Å². The number of hydrogen-bond acceptors (Lipinski definition) is 4. The molecule has 3 nitrogen and oxygen atoms in total. The van der Waals surface area contributed by atoms with Crippen LogP contribution in [0.2, 0.25) is 0 Å². The Labute approximate surface area is 125 Å². The van der Waals surface area contributed by atoms with Gasteiger partial charge in [0, 0.05) is 12.8 Å². The predicted octanol–water partition coefficient (Wildman–Crippen LogP) is 4.45.